The summed E-state index contributed by atoms with van der Waals surface area (Å²) in [7, 11) is 0. The smallest absolute Gasteiger partial charge is 0.304 e. The molecule has 5 heteroatoms. The van der Waals surface area contributed by atoms with Crippen LogP contribution in [0, 0.1) is 0 Å². The fraction of sp³-hybridized carbons (Fsp3) is 0.667. The molecule has 0 spiro atoms. The Morgan fingerprint density at radius 2 is 2.24 bits per heavy atom. The van der Waals surface area contributed by atoms with E-state index >= 15 is 0 Å². The van der Waals surface area contributed by atoms with E-state index in [0.29, 0.717) is 0 Å². The fourth-order valence-corrected chi connectivity index (χ4v) is 1.82. The van der Waals surface area contributed by atoms with Gasteiger partial charge in [-0.25, -0.2) is 0 Å². The van der Waals surface area contributed by atoms with E-state index in [9.17, 15) is 4.79 Å². The number of carboxylic acid groups (broad SMARTS) is 1. The van der Waals surface area contributed by atoms with Crippen molar-refractivity contribution in [1.29, 1.82) is 0 Å². The van der Waals surface area contributed by atoms with Gasteiger partial charge in [-0.05, 0) is 25.8 Å². The molecule has 1 aromatic rings. The quantitative estimate of drug-likeness (QED) is 0.792. The first-order valence-corrected chi connectivity index (χ1v) is 5.97. The highest BCUT2D eigenvalue weighted by Crippen LogP contribution is 2.24. The van der Waals surface area contributed by atoms with Crippen LogP contribution in [0.4, 0.5) is 0 Å². The summed E-state index contributed by atoms with van der Waals surface area (Å²) < 4.78 is 1.83. The zero-order valence-corrected chi connectivity index (χ0v) is 10.6. The van der Waals surface area contributed by atoms with Gasteiger partial charge in [-0.1, -0.05) is 6.92 Å². The second-order valence-corrected chi connectivity index (χ2v) is 4.62. The van der Waals surface area contributed by atoms with Crippen LogP contribution in [0.1, 0.15) is 51.1 Å². The largest absolute Gasteiger partial charge is 0.481 e. The molecule has 0 aromatic carbocycles. The molecule has 0 saturated carbocycles. The van der Waals surface area contributed by atoms with Gasteiger partial charge in [0.05, 0.1) is 12.6 Å². The van der Waals surface area contributed by atoms with Crippen molar-refractivity contribution in [3.8, 4) is 0 Å². The minimum atomic E-state index is -0.823. The molecule has 0 aliphatic carbocycles. The van der Waals surface area contributed by atoms with Crippen molar-refractivity contribution in [2.45, 2.75) is 51.6 Å². The molecule has 0 fully saturated rings. The fourth-order valence-electron chi connectivity index (χ4n) is 1.82. The molecule has 5 nitrogen and oxygen atoms in total. The second-order valence-electron chi connectivity index (χ2n) is 4.62. The maximum atomic E-state index is 10.9. The maximum absolute atomic E-state index is 10.9. The Balaban J connectivity index is 2.91. The molecular weight excluding hydrogens is 218 g/mol. The van der Waals surface area contributed by atoms with Crippen LogP contribution in [-0.2, 0) is 4.79 Å². The highest BCUT2D eigenvalue weighted by molar-refractivity contribution is 5.68. The first-order valence-electron chi connectivity index (χ1n) is 5.97. The molecule has 3 N–H and O–H groups in total. The molecule has 2 unspecified atom stereocenters. The SMILES string of the molecule is CCC(N)C(CC(=O)O)c1cnn(C(C)C)c1. The average Bonchev–Trinajstić information content (AvgIpc) is 2.73. The Labute approximate surface area is 102 Å². The molecule has 2 atom stereocenters. The molecule has 0 aliphatic rings. The Hall–Kier alpha value is -1.36. The predicted molar refractivity (Wildman–Crippen MR) is 65.9 cm³/mol. The number of rotatable bonds is 6. The van der Waals surface area contributed by atoms with Crippen molar-refractivity contribution in [2.24, 2.45) is 5.73 Å². The lowest BCUT2D eigenvalue weighted by Gasteiger charge is -2.19. The van der Waals surface area contributed by atoms with E-state index in [0.717, 1.165) is 12.0 Å². The molecule has 0 aliphatic heterocycles. The zero-order valence-electron chi connectivity index (χ0n) is 10.6. The van der Waals surface area contributed by atoms with Crippen LogP contribution in [0.15, 0.2) is 12.4 Å². The van der Waals surface area contributed by atoms with Crippen molar-refractivity contribution in [3.05, 3.63) is 18.0 Å². The third kappa shape index (κ3) is 3.56. The van der Waals surface area contributed by atoms with E-state index in [1.165, 1.54) is 0 Å². The van der Waals surface area contributed by atoms with E-state index in [-0.39, 0.29) is 24.4 Å². The molecule has 0 amide bonds. The number of nitrogens with zero attached hydrogens (tertiary/aromatic N) is 2. The van der Waals surface area contributed by atoms with E-state index in [1.54, 1.807) is 6.20 Å². The summed E-state index contributed by atoms with van der Waals surface area (Å²) in [4.78, 5) is 10.9. The number of carbonyl (C=O) groups is 1. The van der Waals surface area contributed by atoms with Gasteiger partial charge in [0.15, 0.2) is 0 Å². The summed E-state index contributed by atoms with van der Waals surface area (Å²) in [6.45, 7) is 6.03. The molecule has 17 heavy (non-hydrogen) atoms. The van der Waals surface area contributed by atoms with Gasteiger partial charge in [0, 0.05) is 24.2 Å². The lowest BCUT2D eigenvalue weighted by Crippen LogP contribution is -2.29. The Bertz CT molecular complexity index is 374. The van der Waals surface area contributed by atoms with Crippen LogP contribution in [0.5, 0.6) is 0 Å². The Morgan fingerprint density at radius 3 is 2.65 bits per heavy atom. The summed E-state index contributed by atoms with van der Waals surface area (Å²) in [5.41, 5.74) is 6.89. The molecular formula is C12H21N3O2. The van der Waals surface area contributed by atoms with Crippen molar-refractivity contribution < 1.29 is 9.90 Å². The van der Waals surface area contributed by atoms with Gasteiger partial charge in [-0.15, -0.1) is 0 Å². The summed E-state index contributed by atoms with van der Waals surface area (Å²) in [6, 6.07) is 0.128. The van der Waals surface area contributed by atoms with Gasteiger partial charge >= 0.3 is 5.97 Å². The summed E-state index contributed by atoms with van der Waals surface area (Å²) >= 11 is 0. The normalized spacial score (nSPS) is 14.9. The van der Waals surface area contributed by atoms with E-state index in [4.69, 9.17) is 10.8 Å². The number of aromatic nitrogens is 2. The first-order chi connectivity index (χ1) is 7.95. The van der Waals surface area contributed by atoms with Crippen LogP contribution < -0.4 is 5.73 Å². The number of aliphatic carboxylic acids is 1. The van der Waals surface area contributed by atoms with Crippen LogP contribution >= 0.6 is 0 Å². The molecule has 0 bridgehead atoms. The van der Waals surface area contributed by atoms with Gasteiger partial charge in [-0.3, -0.25) is 9.48 Å². The number of carboxylic acids is 1. The Morgan fingerprint density at radius 1 is 1.59 bits per heavy atom. The van der Waals surface area contributed by atoms with Crippen LogP contribution in [0.2, 0.25) is 0 Å². The van der Waals surface area contributed by atoms with Gasteiger partial charge < -0.3 is 10.8 Å². The van der Waals surface area contributed by atoms with Crippen LogP contribution in [-0.4, -0.2) is 26.9 Å². The number of hydrogen-bond acceptors (Lipinski definition) is 3. The van der Waals surface area contributed by atoms with Gasteiger partial charge in [0.1, 0.15) is 0 Å². The standard InChI is InChI=1S/C12H21N3O2/c1-4-11(13)10(5-12(16)17)9-6-14-15(7-9)8(2)3/h6-8,10-11H,4-5,13H2,1-3H3,(H,16,17). The van der Waals surface area contributed by atoms with Crippen LogP contribution in [0.3, 0.4) is 0 Å². The van der Waals surface area contributed by atoms with E-state index in [1.807, 2.05) is 31.6 Å². The van der Waals surface area contributed by atoms with Crippen molar-refractivity contribution in [1.82, 2.24) is 9.78 Å². The predicted octanol–water partition coefficient (Wildman–Crippen LogP) is 1.76. The molecule has 1 aromatic heterocycles. The average molecular weight is 239 g/mol. The number of hydrogen-bond donors (Lipinski definition) is 2. The number of nitrogens with two attached hydrogens (primary N) is 1. The third-order valence-corrected chi connectivity index (χ3v) is 2.96. The monoisotopic (exact) mass is 239 g/mol. The van der Waals surface area contributed by atoms with Crippen molar-refractivity contribution in [2.75, 3.05) is 0 Å². The van der Waals surface area contributed by atoms with Crippen molar-refractivity contribution >= 4 is 5.97 Å². The van der Waals surface area contributed by atoms with Gasteiger partial charge in [0.25, 0.3) is 0 Å². The molecule has 0 saturated heterocycles. The minimum absolute atomic E-state index is 0.0544. The van der Waals surface area contributed by atoms with E-state index in [2.05, 4.69) is 5.10 Å². The highest BCUT2D eigenvalue weighted by atomic mass is 16.4. The van der Waals surface area contributed by atoms with Crippen LogP contribution in [0.25, 0.3) is 0 Å². The molecule has 1 rings (SSSR count). The lowest BCUT2D eigenvalue weighted by molar-refractivity contribution is -0.137. The van der Waals surface area contributed by atoms with Crippen molar-refractivity contribution in [3.63, 3.8) is 0 Å². The summed E-state index contributed by atoms with van der Waals surface area (Å²) in [5, 5.41) is 13.2. The molecule has 96 valence electrons. The molecule has 1 heterocycles. The minimum Gasteiger partial charge on any atom is -0.481 e. The Kier molecular flexibility index (Phi) is 4.69. The summed E-state index contributed by atoms with van der Waals surface area (Å²) in [6.07, 6.45) is 4.43. The topological polar surface area (TPSA) is 81.1 Å². The zero-order chi connectivity index (χ0) is 13.0. The first kappa shape index (κ1) is 13.7. The van der Waals surface area contributed by atoms with Gasteiger partial charge in [0.2, 0.25) is 0 Å². The highest BCUT2D eigenvalue weighted by Gasteiger charge is 2.23. The summed E-state index contributed by atoms with van der Waals surface area (Å²) in [5.74, 6) is -0.985. The lowest BCUT2D eigenvalue weighted by atomic mass is 9.90. The molecule has 0 radical (unpaired) electrons. The third-order valence-electron chi connectivity index (χ3n) is 2.96. The van der Waals surface area contributed by atoms with Gasteiger partial charge in [-0.2, -0.15) is 5.10 Å². The second kappa shape index (κ2) is 5.82. The maximum Gasteiger partial charge on any atom is 0.304 e. The van der Waals surface area contributed by atoms with E-state index < -0.39 is 5.97 Å².